The number of nitrogens with one attached hydrogen (secondary N) is 1. The largest absolute Gasteiger partial charge is 0.350 e. The van der Waals surface area contributed by atoms with Crippen LogP contribution in [0.5, 0.6) is 0 Å². The molecule has 1 aliphatic heterocycles. The standard InChI is InChI=1S/C29H37ClN6/c1-21(2)12-17-27-28(30)36(19-22-8-4-3-5-9-22)20-35(27)18-23-13-15-24(16-14-23)25-10-6-7-11-26(25)29-31-33-34-32-29/h6-7,10-11,13-16,21-22H,3-5,8-9,12,17-20H2,1-2H3,(H,31,32,33,34). The van der Waals surface area contributed by atoms with Gasteiger partial charge in [0.15, 0.2) is 0 Å². The van der Waals surface area contributed by atoms with Crippen LogP contribution in [0.2, 0.25) is 0 Å². The van der Waals surface area contributed by atoms with Crippen molar-refractivity contribution in [1.29, 1.82) is 0 Å². The van der Waals surface area contributed by atoms with Crippen molar-refractivity contribution in [1.82, 2.24) is 30.4 Å². The van der Waals surface area contributed by atoms with Gasteiger partial charge in [-0.2, -0.15) is 5.21 Å². The number of aromatic nitrogens is 4. The Morgan fingerprint density at radius 1 is 0.972 bits per heavy atom. The maximum atomic E-state index is 7.02. The van der Waals surface area contributed by atoms with Crippen molar-refractivity contribution in [2.75, 3.05) is 13.2 Å². The zero-order valence-electron chi connectivity index (χ0n) is 21.5. The summed E-state index contributed by atoms with van der Waals surface area (Å²) in [5.41, 5.74) is 5.83. The topological polar surface area (TPSA) is 60.9 Å². The van der Waals surface area contributed by atoms with E-state index in [0.717, 1.165) is 60.4 Å². The van der Waals surface area contributed by atoms with Gasteiger partial charge in [0.25, 0.3) is 0 Å². The van der Waals surface area contributed by atoms with Crippen LogP contribution in [0.1, 0.15) is 64.4 Å². The highest BCUT2D eigenvalue weighted by Gasteiger charge is 2.29. The third kappa shape index (κ3) is 5.75. The van der Waals surface area contributed by atoms with Gasteiger partial charge in [-0.05, 0) is 59.4 Å². The zero-order chi connectivity index (χ0) is 24.9. The fraction of sp³-hybridized carbons (Fsp3) is 0.483. The molecule has 1 aromatic heterocycles. The molecule has 2 heterocycles. The average Bonchev–Trinajstić information content (AvgIpc) is 3.53. The van der Waals surface area contributed by atoms with E-state index in [1.807, 2.05) is 18.2 Å². The van der Waals surface area contributed by atoms with Crippen LogP contribution in [0.15, 0.2) is 59.4 Å². The van der Waals surface area contributed by atoms with Gasteiger partial charge in [0.2, 0.25) is 5.82 Å². The Hall–Kier alpha value is -2.86. The molecule has 0 atom stereocenters. The van der Waals surface area contributed by atoms with Crippen LogP contribution in [-0.2, 0) is 6.54 Å². The van der Waals surface area contributed by atoms with E-state index in [2.05, 4.69) is 74.6 Å². The maximum absolute atomic E-state index is 7.02. The predicted molar refractivity (Wildman–Crippen MR) is 146 cm³/mol. The van der Waals surface area contributed by atoms with Gasteiger partial charge in [0.1, 0.15) is 5.16 Å². The summed E-state index contributed by atoms with van der Waals surface area (Å²) < 4.78 is 0. The molecule has 1 saturated carbocycles. The molecule has 0 saturated heterocycles. The van der Waals surface area contributed by atoms with Crippen molar-refractivity contribution in [2.45, 2.75) is 65.3 Å². The first-order valence-corrected chi connectivity index (χ1v) is 13.8. The fourth-order valence-electron chi connectivity index (χ4n) is 5.53. The number of benzene rings is 2. The first-order valence-electron chi connectivity index (χ1n) is 13.4. The number of halogens is 1. The second-order valence-corrected chi connectivity index (χ2v) is 11.1. The highest BCUT2D eigenvalue weighted by atomic mass is 35.5. The Labute approximate surface area is 219 Å². The van der Waals surface area contributed by atoms with Crippen molar-refractivity contribution in [3.05, 3.63) is 64.9 Å². The van der Waals surface area contributed by atoms with Crippen LogP contribution < -0.4 is 0 Å². The summed E-state index contributed by atoms with van der Waals surface area (Å²) in [4.78, 5) is 4.93. The minimum atomic E-state index is 0.611. The van der Waals surface area contributed by atoms with Crippen LogP contribution in [0.3, 0.4) is 0 Å². The molecule has 3 aromatic rings. The van der Waals surface area contributed by atoms with Gasteiger partial charge in [-0.25, -0.2) is 0 Å². The first-order chi connectivity index (χ1) is 17.6. The van der Waals surface area contributed by atoms with Gasteiger partial charge in [-0.15, -0.1) is 10.2 Å². The summed E-state index contributed by atoms with van der Waals surface area (Å²) >= 11 is 7.02. The monoisotopic (exact) mass is 504 g/mol. The number of hydrogen-bond acceptors (Lipinski definition) is 5. The van der Waals surface area contributed by atoms with E-state index in [0.29, 0.717) is 11.7 Å². The van der Waals surface area contributed by atoms with E-state index >= 15 is 0 Å². The van der Waals surface area contributed by atoms with Gasteiger partial charge in [-0.1, -0.05) is 93.2 Å². The molecule has 0 unspecified atom stereocenters. The molecule has 7 heteroatoms. The van der Waals surface area contributed by atoms with Gasteiger partial charge in [-0.3, -0.25) is 0 Å². The highest BCUT2D eigenvalue weighted by Crippen LogP contribution is 2.35. The van der Waals surface area contributed by atoms with Crippen molar-refractivity contribution in [3.8, 4) is 22.5 Å². The fourth-order valence-corrected chi connectivity index (χ4v) is 5.87. The number of nitrogens with zero attached hydrogens (tertiary/aromatic N) is 5. The van der Waals surface area contributed by atoms with Crippen molar-refractivity contribution in [3.63, 3.8) is 0 Å². The Kier molecular flexibility index (Phi) is 7.90. The molecule has 2 aromatic carbocycles. The maximum Gasteiger partial charge on any atom is 0.205 e. The summed E-state index contributed by atoms with van der Waals surface area (Å²) in [5, 5.41) is 15.6. The van der Waals surface area contributed by atoms with E-state index < -0.39 is 0 Å². The molecule has 0 amide bonds. The van der Waals surface area contributed by atoms with Crippen LogP contribution in [0, 0.1) is 11.8 Å². The van der Waals surface area contributed by atoms with E-state index in [9.17, 15) is 0 Å². The van der Waals surface area contributed by atoms with Crippen molar-refractivity contribution < 1.29 is 0 Å². The lowest BCUT2D eigenvalue weighted by Crippen LogP contribution is -2.31. The molecular formula is C29H37ClN6. The summed E-state index contributed by atoms with van der Waals surface area (Å²) in [6, 6.07) is 17.1. The molecular weight excluding hydrogens is 468 g/mol. The molecule has 6 nitrogen and oxygen atoms in total. The highest BCUT2D eigenvalue weighted by molar-refractivity contribution is 6.29. The zero-order valence-corrected chi connectivity index (χ0v) is 22.2. The summed E-state index contributed by atoms with van der Waals surface area (Å²) in [7, 11) is 0. The van der Waals surface area contributed by atoms with Crippen LogP contribution in [0.25, 0.3) is 22.5 Å². The summed E-state index contributed by atoms with van der Waals surface area (Å²) in [6.07, 6.45) is 9.00. The predicted octanol–water partition coefficient (Wildman–Crippen LogP) is 7.03. The van der Waals surface area contributed by atoms with Gasteiger partial charge in [0.05, 0.1) is 12.4 Å². The van der Waals surface area contributed by atoms with E-state index in [1.165, 1.54) is 43.4 Å². The quantitative estimate of drug-likeness (QED) is 0.317. The molecule has 0 radical (unpaired) electrons. The van der Waals surface area contributed by atoms with Crippen LogP contribution in [0.4, 0.5) is 0 Å². The lowest BCUT2D eigenvalue weighted by molar-refractivity contribution is 0.198. The Balaban J connectivity index is 1.32. The third-order valence-electron chi connectivity index (χ3n) is 7.55. The van der Waals surface area contributed by atoms with Crippen molar-refractivity contribution in [2.24, 2.45) is 11.8 Å². The summed E-state index contributed by atoms with van der Waals surface area (Å²) in [6.45, 7) is 7.44. The lowest BCUT2D eigenvalue weighted by atomic mass is 9.89. The molecule has 0 bridgehead atoms. The second kappa shape index (κ2) is 11.5. The first kappa shape index (κ1) is 24.8. The smallest absolute Gasteiger partial charge is 0.205 e. The SMILES string of the molecule is CC(C)CCC1=C(Cl)N(CC2CCCCC2)CN1Cc1ccc(-c2ccccc2-c2nn[nH]n2)cc1. The molecule has 1 aliphatic carbocycles. The number of tetrazole rings is 1. The van der Waals surface area contributed by atoms with Crippen LogP contribution in [-0.4, -0.2) is 43.6 Å². The number of aromatic amines is 1. The normalized spacial score (nSPS) is 17.0. The molecule has 36 heavy (non-hydrogen) atoms. The molecule has 5 rings (SSSR count). The minimum Gasteiger partial charge on any atom is -0.350 e. The number of hydrogen-bond donors (Lipinski definition) is 1. The molecule has 1 N–H and O–H groups in total. The minimum absolute atomic E-state index is 0.611. The van der Waals surface area contributed by atoms with Crippen molar-refractivity contribution >= 4 is 11.6 Å². The van der Waals surface area contributed by atoms with E-state index in [-0.39, 0.29) is 0 Å². The lowest BCUT2D eigenvalue weighted by Gasteiger charge is -2.29. The molecule has 0 spiro atoms. The number of H-pyrrole nitrogens is 1. The average molecular weight is 505 g/mol. The van der Waals surface area contributed by atoms with E-state index in [4.69, 9.17) is 11.6 Å². The van der Waals surface area contributed by atoms with Crippen LogP contribution >= 0.6 is 11.6 Å². The number of allylic oxidation sites excluding steroid dienone is 1. The Bertz CT molecular complexity index is 1150. The van der Waals surface area contributed by atoms with Gasteiger partial charge < -0.3 is 9.80 Å². The van der Waals surface area contributed by atoms with Gasteiger partial charge >= 0.3 is 0 Å². The number of rotatable bonds is 9. The molecule has 1 fully saturated rings. The Morgan fingerprint density at radius 3 is 2.42 bits per heavy atom. The van der Waals surface area contributed by atoms with Gasteiger partial charge in [0, 0.05) is 18.7 Å². The Morgan fingerprint density at radius 2 is 1.72 bits per heavy atom. The van der Waals surface area contributed by atoms with E-state index in [1.54, 1.807) is 0 Å². The second-order valence-electron chi connectivity index (χ2n) is 10.7. The summed E-state index contributed by atoms with van der Waals surface area (Å²) in [5.74, 6) is 2.05. The molecule has 190 valence electrons. The third-order valence-corrected chi connectivity index (χ3v) is 8.01. The molecule has 2 aliphatic rings.